The van der Waals surface area contributed by atoms with Crippen molar-refractivity contribution in [2.24, 2.45) is 0 Å². The summed E-state index contributed by atoms with van der Waals surface area (Å²) >= 11 is 3.38. The summed E-state index contributed by atoms with van der Waals surface area (Å²) in [5.74, 6) is -1.25. The van der Waals surface area contributed by atoms with Gasteiger partial charge in [-0.15, -0.1) is 0 Å². The van der Waals surface area contributed by atoms with E-state index in [1.165, 1.54) is 30.0 Å². The van der Waals surface area contributed by atoms with Gasteiger partial charge in [0.2, 0.25) is 11.8 Å². The molecule has 0 fully saturated rings. The van der Waals surface area contributed by atoms with Gasteiger partial charge in [0.1, 0.15) is 12.6 Å². The summed E-state index contributed by atoms with van der Waals surface area (Å²) in [6, 6.07) is 15.5. The van der Waals surface area contributed by atoms with Crippen LogP contribution in [-0.4, -0.2) is 43.3 Å². The number of halogens is 4. The summed E-state index contributed by atoms with van der Waals surface area (Å²) in [5, 5.41) is 2.82. The summed E-state index contributed by atoms with van der Waals surface area (Å²) in [7, 11) is -4.51. The molecule has 0 saturated heterocycles. The highest BCUT2D eigenvalue weighted by Crippen LogP contribution is 2.33. The first-order valence-electron chi connectivity index (χ1n) is 13.0. The molecule has 3 rings (SSSR count). The van der Waals surface area contributed by atoms with Gasteiger partial charge < -0.3 is 10.2 Å². The Kier molecular flexibility index (Phi) is 10.1. The molecule has 3 aromatic carbocycles. The number of nitrogens with zero attached hydrogens (tertiary/aromatic N) is 2. The van der Waals surface area contributed by atoms with Crippen LogP contribution in [0, 0.1) is 6.92 Å². The highest BCUT2D eigenvalue weighted by Gasteiger charge is 2.35. The van der Waals surface area contributed by atoms with Crippen molar-refractivity contribution in [1.82, 2.24) is 10.2 Å². The number of carbonyl (C=O) groups is 2. The van der Waals surface area contributed by atoms with Crippen LogP contribution in [-0.2, 0) is 32.3 Å². The predicted molar refractivity (Wildman–Crippen MR) is 159 cm³/mol. The lowest BCUT2D eigenvalue weighted by Gasteiger charge is -2.33. The van der Waals surface area contributed by atoms with E-state index in [0.717, 1.165) is 22.2 Å². The lowest BCUT2D eigenvalue weighted by atomic mass is 10.1. The Labute approximate surface area is 252 Å². The fourth-order valence-corrected chi connectivity index (χ4v) is 5.94. The van der Waals surface area contributed by atoms with Crippen molar-refractivity contribution < 1.29 is 31.2 Å². The van der Waals surface area contributed by atoms with Crippen molar-refractivity contribution >= 4 is 43.5 Å². The molecule has 0 radical (unpaired) electrons. The largest absolute Gasteiger partial charge is 0.416 e. The minimum atomic E-state index is -4.74. The van der Waals surface area contributed by atoms with Gasteiger partial charge in [0.15, 0.2) is 0 Å². The van der Waals surface area contributed by atoms with Crippen molar-refractivity contribution in [2.45, 2.75) is 63.8 Å². The lowest BCUT2D eigenvalue weighted by molar-refractivity contribution is -0.140. The molecule has 0 bridgehead atoms. The molecule has 1 unspecified atom stereocenters. The molecule has 0 aromatic heterocycles. The minimum Gasteiger partial charge on any atom is -0.350 e. The normalized spacial score (nSPS) is 12.9. The Morgan fingerprint density at radius 1 is 0.952 bits per heavy atom. The molecule has 1 atom stereocenters. The monoisotopic (exact) mass is 667 g/mol. The van der Waals surface area contributed by atoms with E-state index < -0.39 is 51.7 Å². The zero-order valence-electron chi connectivity index (χ0n) is 23.9. The number of amides is 2. The van der Waals surface area contributed by atoms with E-state index >= 15 is 0 Å². The summed E-state index contributed by atoms with van der Waals surface area (Å²) in [4.78, 5) is 28.1. The maximum absolute atomic E-state index is 13.9. The van der Waals surface area contributed by atoms with E-state index in [4.69, 9.17) is 0 Å². The fourth-order valence-electron chi connectivity index (χ4n) is 4.09. The molecule has 2 amide bonds. The number of hydrogen-bond acceptors (Lipinski definition) is 4. The van der Waals surface area contributed by atoms with Crippen LogP contribution in [0.15, 0.2) is 82.2 Å². The number of anilines is 1. The Morgan fingerprint density at radius 3 is 2.14 bits per heavy atom. The van der Waals surface area contributed by atoms with Crippen LogP contribution in [0.2, 0.25) is 0 Å². The topological polar surface area (TPSA) is 86.8 Å². The second-order valence-corrected chi connectivity index (χ2v) is 13.7. The van der Waals surface area contributed by atoms with Crippen molar-refractivity contribution in [1.29, 1.82) is 0 Å². The van der Waals surface area contributed by atoms with Crippen molar-refractivity contribution in [3.8, 4) is 0 Å². The minimum absolute atomic E-state index is 0.0575. The summed E-state index contributed by atoms with van der Waals surface area (Å²) in [5.41, 5.74) is -0.600. The van der Waals surface area contributed by atoms with Gasteiger partial charge in [-0.1, -0.05) is 51.8 Å². The molecule has 0 aliphatic carbocycles. The standard InChI is InChI=1S/C30H33BrF3N3O4S/c1-20-12-14-26(15-13-20)42(40,41)37(25-11-7-9-23(17-25)30(32,33)34)19-27(38)36(18-22-8-6-10-24(31)16-22)21(2)28(39)35-29(3,4)5/h6-17,21H,18-19H2,1-5H3,(H,35,39). The van der Waals surface area contributed by atoms with Crippen LogP contribution in [0.3, 0.4) is 0 Å². The molecule has 0 heterocycles. The Hall–Kier alpha value is -3.38. The van der Waals surface area contributed by atoms with Gasteiger partial charge in [0, 0.05) is 16.6 Å². The van der Waals surface area contributed by atoms with Crippen LogP contribution in [0.25, 0.3) is 0 Å². The molecule has 0 aliphatic rings. The van der Waals surface area contributed by atoms with Crippen molar-refractivity contribution in [3.05, 3.63) is 94.0 Å². The maximum Gasteiger partial charge on any atom is 0.416 e. The molecule has 12 heteroatoms. The highest BCUT2D eigenvalue weighted by molar-refractivity contribution is 9.10. The van der Waals surface area contributed by atoms with E-state index in [0.29, 0.717) is 15.9 Å². The van der Waals surface area contributed by atoms with Gasteiger partial charge in [-0.05, 0) is 82.6 Å². The first-order chi connectivity index (χ1) is 19.4. The first-order valence-corrected chi connectivity index (χ1v) is 15.2. The SMILES string of the molecule is Cc1ccc(S(=O)(=O)N(CC(=O)N(Cc2cccc(Br)c2)C(C)C(=O)NC(C)(C)C)c2cccc(C(F)(F)F)c2)cc1. The quantitative estimate of drug-likeness (QED) is 0.290. The Balaban J connectivity index is 2.10. The molecular weight excluding hydrogens is 635 g/mol. The number of rotatable bonds is 9. The van der Waals surface area contributed by atoms with E-state index in [1.807, 2.05) is 0 Å². The van der Waals surface area contributed by atoms with Crippen molar-refractivity contribution in [2.75, 3.05) is 10.8 Å². The number of alkyl halides is 3. The number of benzene rings is 3. The predicted octanol–water partition coefficient (Wildman–Crippen LogP) is 6.30. The van der Waals surface area contributed by atoms with Crippen LogP contribution in [0.1, 0.15) is 44.4 Å². The molecule has 0 aliphatic heterocycles. The van der Waals surface area contributed by atoms with Gasteiger partial charge in [-0.3, -0.25) is 13.9 Å². The van der Waals surface area contributed by atoms with E-state index in [2.05, 4.69) is 21.2 Å². The molecule has 0 saturated carbocycles. The third-order valence-corrected chi connectivity index (χ3v) is 8.54. The molecule has 1 N–H and O–H groups in total. The third-order valence-electron chi connectivity index (χ3n) is 6.26. The summed E-state index contributed by atoms with van der Waals surface area (Å²) in [6.45, 7) is 7.70. The molecular formula is C30H33BrF3N3O4S. The summed E-state index contributed by atoms with van der Waals surface area (Å²) in [6.07, 6.45) is -4.74. The second kappa shape index (κ2) is 12.9. The molecule has 42 heavy (non-hydrogen) atoms. The van der Waals surface area contributed by atoms with Gasteiger partial charge in [-0.25, -0.2) is 8.42 Å². The fraction of sp³-hybridized carbons (Fsp3) is 0.333. The smallest absolute Gasteiger partial charge is 0.350 e. The van der Waals surface area contributed by atoms with Gasteiger partial charge >= 0.3 is 6.18 Å². The number of sulfonamides is 1. The van der Waals surface area contributed by atoms with Crippen LogP contribution >= 0.6 is 15.9 Å². The Bertz CT molecular complexity index is 1540. The first kappa shape index (κ1) is 33.1. The van der Waals surface area contributed by atoms with Gasteiger partial charge in [0.05, 0.1) is 16.1 Å². The van der Waals surface area contributed by atoms with E-state index in [1.54, 1.807) is 64.1 Å². The number of aryl methyl sites for hydroxylation is 1. The number of hydrogen-bond donors (Lipinski definition) is 1. The van der Waals surface area contributed by atoms with Crippen LogP contribution < -0.4 is 9.62 Å². The molecule has 226 valence electrons. The van der Waals surface area contributed by atoms with Crippen LogP contribution in [0.4, 0.5) is 18.9 Å². The van der Waals surface area contributed by atoms with E-state index in [9.17, 15) is 31.2 Å². The second-order valence-electron chi connectivity index (χ2n) is 10.9. The average molecular weight is 669 g/mol. The van der Waals surface area contributed by atoms with Crippen LogP contribution in [0.5, 0.6) is 0 Å². The van der Waals surface area contributed by atoms with E-state index in [-0.39, 0.29) is 17.1 Å². The molecule has 3 aromatic rings. The van der Waals surface area contributed by atoms with Gasteiger partial charge in [-0.2, -0.15) is 13.2 Å². The highest BCUT2D eigenvalue weighted by atomic mass is 79.9. The van der Waals surface area contributed by atoms with Crippen molar-refractivity contribution in [3.63, 3.8) is 0 Å². The zero-order valence-corrected chi connectivity index (χ0v) is 26.3. The molecule has 7 nitrogen and oxygen atoms in total. The third kappa shape index (κ3) is 8.57. The Morgan fingerprint density at radius 2 is 1.57 bits per heavy atom. The molecule has 0 spiro atoms. The average Bonchev–Trinajstić information content (AvgIpc) is 2.88. The number of carbonyl (C=O) groups excluding carboxylic acids is 2. The number of nitrogens with one attached hydrogen (secondary N) is 1. The summed E-state index contributed by atoms with van der Waals surface area (Å²) < 4.78 is 69.9. The lowest BCUT2D eigenvalue weighted by Crippen LogP contribution is -2.54. The zero-order chi connectivity index (χ0) is 31.5. The maximum atomic E-state index is 13.9. The van der Waals surface area contributed by atoms with Gasteiger partial charge in [0.25, 0.3) is 10.0 Å².